The topological polar surface area (TPSA) is 20.3 Å². The Morgan fingerprint density at radius 2 is 2.00 bits per heavy atom. The lowest BCUT2D eigenvalue weighted by Gasteiger charge is -2.08. The van der Waals surface area contributed by atoms with E-state index in [-0.39, 0.29) is 5.91 Å². The molecule has 1 amide bonds. The van der Waals surface area contributed by atoms with Crippen LogP contribution in [0.1, 0.15) is 0 Å². The molecule has 0 aromatic rings. The van der Waals surface area contributed by atoms with Gasteiger partial charge in [0.2, 0.25) is 5.91 Å². The Morgan fingerprint density at radius 3 is 2.00 bits per heavy atom. The quantitative estimate of drug-likeness (QED) is 0.321. The standard InChI is InChI=1S/C5H10BNO/c1-4(6)5(8)7(2)3/h1,6H2,2-3H3. The van der Waals surface area contributed by atoms with Gasteiger partial charge in [-0.05, 0) is 5.47 Å². The largest absolute Gasteiger partial charge is 0.346 e. The minimum Gasteiger partial charge on any atom is -0.346 e. The molecule has 0 heterocycles. The van der Waals surface area contributed by atoms with Gasteiger partial charge in [0.25, 0.3) is 0 Å². The Hall–Kier alpha value is -0.725. The van der Waals surface area contributed by atoms with Gasteiger partial charge in [-0.3, -0.25) is 4.79 Å². The number of nitrogens with zero attached hydrogens (tertiary/aromatic N) is 1. The lowest BCUT2D eigenvalue weighted by Crippen LogP contribution is -2.22. The second kappa shape index (κ2) is 2.55. The van der Waals surface area contributed by atoms with Crippen LogP contribution in [0.3, 0.4) is 0 Å². The molecule has 0 saturated carbocycles. The molecule has 0 atom stereocenters. The van der Waals surface area contributed by atoms with Gasteiger partial charge in [0.05, 0.1) is 0 Å². The van der Waals surface area contributed by atoms with Crippen LogP contribution in [-0.4, -0.2) is 32.7 Å². The first-order valence-electron chi connectivity index (χ1n) is 2.43. The number of hydrogen-bond donors (Lipinski definition) is 0. The smallest absolute Gasteiger partial charge is 0.239 e. The van der Waals surface area contributed by atoms with Crippen LogP contribution in [-0.2, 0) is 4.79 Å². The molecule has 0 aliphatic heterocycles. The molecule has 0 radical (unpaired) electrons. The van der Waals surface area contributed by atoms with Crippen LogP contribution in [0, 0.1) is 0 Å². The highest BCUT2D eigenvalue weighted by molar-refractivity contribution is 6.35. The maximum atomic E-state index is 10.7. The number of hydrogen-bond acceptors (Lipinski definition) is 1. The molecular weight excluding hydrogens is 101 g/mol. The highest BCUT2D eigenvalue weighted by atomic mass is 16.2. The zero-order chi connectivity index (χ0) is 6.73. The van der Waals surface area contributed by atoms with Crippen LogP contribution in [0.2, 0.25) is 0 Å². The molecule has 0 unspecified atom stereocenters. The summed E-state index contributed by atoms with van der Waals surface area (Å²) in [6.45, 7) is 3.49. The predicted molar refractivity (Wildman–Crippen MR) is 36.4 cm³/mol. The average molecular weight is 111 g/mol. The molecule has 0 N–H and O–H groups in total. The third kappa shape index (κ3) is 1.82. The normalized spacial score (nSPS) is 8.25. The van der Waals surface area contributed by atoms with Gasteiger partial charge in [-0.15, -0.1) is 6.58 Å². The third-order valence-corrected chi connectivity index (χ3v) is 0.771. The summed E-state index contributed by atoms with van der Waals surface area (Å²) in [6.07, 6.45) is 0. The molecule has 0 aromatic carbocycles. The van der Waals surface area contributed by atoms with Crippen molar-refractivity contribution in [3.63, 3.8) is 0 Å². The monoisotopic (exact) mass is 111 g/mol. The molecule has 0 rings (SSSR count). The molecule has 44 valence electrons. The van der Waals surface area contributed by atoms with Crippen molar-refractivity contribution in [3.05, 3.63) is 12.1 Å². The Morgan fingerprint density at radius 1 is 1.62 bits per heavy atom. The van der Waals surface area contributed by atoms with Crippen LogP contribution in [0.4, 0.5) is 0 Å². The zero-order valence-electron chi connectivity index (χ0n) is 5.56. The molecule has 0 fully saturated rings. The summed E-state index contributed by atoms with van der Waals surface area (Å²) in [5.74, 6) is -0.00926. The average Bonchev–Trinajstić information content (AvgIpc) is 1.64. The number of carbonyl (C=O) groups excluding carboxylic acids is 1. The van der Waals surface area contributed by atoms with Crippen LogP contribution in [0.5, 0.6) is 0 Å². The molecule has 0 bridgehead atoms. The number of rotatable bonds is 1. The summed E-state index contributed by atoms with van der Waals surface area (Å²) in [4.78, 5) is 12.2. The zero-order valence-corrected chi connectivity index (χ0v) is 5.56. The van der Waals surface area contributed by atoms with Gasteiger partial charge in [0, 0.05) is 14.1 Å². The van der Waals surface area contributed by atoms with E-state index in [4.69, 9.17) is 0 Å². The number of carbonyl (C=O) groups is 1. The molecule has 0 aliphatic carbocycles. The van der Waals surface area contributed by atoms with Crippen molar-refractivity contribution in [2.45, 2.75) is 0 Å². The van der Waals surface area contributed by atoms with E-state index in [0.717, 1.165) is 0 Å². The van der Waals surface area contributed by atoms with Crippen molar-refractivity contribution in [2.75, 3.05) is 14.1 Å². The second-order valence-electron chi connectivity index (χ2n) is 1.98. The SMILES string of the molecule is BC(=C)C(=O)N(C)C. The Bertz CT molecular complexity index is 120. The summed E-state index contributed by atoms with van der Waals surface area (Å²) in [5, 5.41) is 0. The first-order valence-corrected chi connectivity index (χ1v) is 2.43. The molecule has 0 saturated heterocycles. The van der Waals surface area contributed by atoms with Gasteiger partial charge in [0.1, 0.15) is 7.85 Å². The van der Waals surface area contributed by atoms with Gasteiger partial charge in [-0.1, -0.05) is 0 Å². The predicted octanol–water partition coefficient (Wildman–Crippen LogP) is -0.779. The van der Waals surface area contributed by atoms with E-state index in [1.165, 1.54) is 4.90 Å². The fraction of sp³-hybridized carbons (Fsp3) is 0.400. The molecule has 2 nitrogen and oxygen atoms in total. The summed E-state index contributed by atoms with van der Waals surface area (Å²) in [5.41, 5.74) is 0.579. The van der Waals surface area contributed by atoms with E-state index in [0.29, 0.717) is 5.47 Å². The molecule has 8 heavy (non-hydrogen) atoms. The van der Waals surface area contributed by atoms with E-state index in [1.807, 2.05) is 0 Å². The first kappa shape index (κ1) is 7.27. The maximum absolute atomic E-state index is 10.7. The number of amides is 1. The van der Waals surface area contributed by atoms with Crippen LogP contribution >= 0.6 is 0 Å². The van der Waals surface area contributed by atoms with Crippen molar-refractivity contribution in [1.29, 1.82) is 0 Å². The Labute approximate surface area is 50.6 Å². The van der Waals surface area contributed by atoms with E-state index < -0.39 is 0 Å². The van der Waals surface area contributed by atoms with E-state index in [9.17, 15) is 4.79 Å². The molecule has 3 heteroatoms. The minimum atomic E-state index is -0.00926. The fourth-order valence-corrected chi connectivity index (χ4v) is 0.382. The van der Waals surface area contributed by atoms with Crippen molar-refractivity contribution in [3.8, 4) is 0 Å². The first-order chi connectivity index (χ1) is 3.55. The summed E-state index contributed by atoms with van der Waals surface area (Å²) in [6, 6.07) is 0. The van der Waals surface area contributed by atoms with Crippen LogP contribution < -0.4 is 0 Å². The Kier molecular flexibility index (Phi) is 2.32. The fourth-order valence-electron chi connectivity index (χ4n) is 0.382. The van der Waals surface area contributed by atoms with E-state index in [1.54, 1.807) is 21.9 Å². The highest BCUT2D eigenvalue weighted by Gasteiger charge is 2.00. The van der Waals surface area contributed by atoms with Crippen LogP contribution in [0.15, 0.2) is 12.1 Å². The van der Waals surface area contributed by atoms with Crippen LogP contribution in [0.25, 0.3) is 0 Å². The van der Waals surface area contributed by atoms with Gasteiger partial charge in [0.15, 0.2) is 0 Å². The molecule has 0 aliphatic rings. The highest BCUT2D eigenvalue weighted by Crippen LogP contribution is 1.86. The lowest BCUT2D eigenvalue weighted by atomic mass is 9.97. The van der Waals surface area contributed by atoms with Gasteiger partial charge in [-0.2, -0.15) is 0 Å². The maximum Gasteiger partial charge on any atom is 0.239 e. The van der Waals surface area contributed by atoms with E-state index in [2.05, 4.69) is 6.58 Å². The Balaban J connectivity index is 3.84. The van der Waals surface area contributed by atoms with Crippen molar-refractivity contribution < 1.29 is 4.79 Å². The second-order valence-corrected chi connectivity index (χ2v) is 1.98. The minimum absolute atomic E-state index is 0.00926. The summed E-state index contributed by atoms with van der Waals surface area (Å²) >= 11 is 0. The molecule has 0 aromatic heterocycles. The van der Waals surface area contributed by atoms with Crippen molar-refractivity contribution >= 4 is 13.8 Å². The number of likely N-dealkylation sites (N-methyl/N-ethyl adjacent to an activating group) is 1. The molecular formula is C5H10BNO. The van der Waals surface area contributed by atoms with Gasteiger partial charge < -0.3 is 4.90 Å². The summed E-state index contributed by atoms with van der Waals surface area (Å²) in [7, 11) is 5.11. The summed E-state index contributed by atoms with van der Waals surface area (Å²) < 4.78 is 0. The molecule has 0 spiro atoms. The third-order valence-electron chi connectivity index (χ3n) is 0.771. The van der Waals surface area contributed by atoms with Crippen molar-refractivity contribution in [1.82, 2.24) is 4.90 Å². The lowest BCUT2D eigenvalue weighted by molar-refractivity contribution is -0.124. The van der Waals surface area contributed by atoms with Gasteiger partial charge in [-0.25, -0.2) is 0 Å². The van der Waals surface area contributed by atoms with Crippen molar-refractivity contribution in [2.24, 2.45) is 0 Å². The van der Waals surface area contributed by atoms with Gasteiger partial charge >= 0.3 is 0 Å². The van der Waals surface area contributed by atoms with E-state index >= 15 is 0 Å².